The van der Waals surface area contributed by atoms with Gasteiger partial charge in [-0.3, -0.25) is 9.48 Å². The number of amides is 2. The number of aromatic nitrogens is 3. The first kappa shape index (κ1) is 15.0. The van der Waals surface area contributed by atoms with Gasteiger partial charge in [0.25, 0.3) is 0 Å². The number of hydrogen-bond acceptors (Lipinski definition) is 5. The van der Waals surface area contributed by atoms with E-state index in [1.54, 1.807) is 11.3 Å². The summed E-state index contributed by atoms with van der Waals surface area (Å²) in [4.78, 5) is 26.5. The Morgan fingerprint density at radius 2 is 2.29 bits per heavy atom. The van der Waals surface area contributed by atoms with Gasteiger partial charge in [0.1, 0.15) is 6.54 Å². The molecule has 2 aromatic rings. The third-order valence-corrected chi connectivity index (χ3v) is 3.34. The van der Waals surface area contributed by atoms with Crippen LogP contribution in [0, 0.1) is 6.92 Å². The Morgan fingerprint density at radius 1 is 1.48 bits per heavy atom. The Hall–Kier alpha value is -2.42. The number of carboxylic acids is 1. The van der Waals surface area contributed by atoms with Crippen LogP contribution in [0.1, 0.15) is 10.7 Å². The third-order valence-electron chi connectivity index (χ3n) is 2.52. The third kappa shape index (κ3) is 4.88. The first-order valence-electron chi connectivity index (χ1n) is 6.23. The zero-order valence-corrected chi connectivity index (χ0v) is 12.2. The maximum atomic E-state index is 11.6. The molecule has 0 aliphatic rings. The van der Waals surface area contributed by atoms with E-state index in [2.05, 4.69) is 20.7 Å². The number of thiazole rings is 1. The number of carbonyl (C=O) groups excluding carboxylic acids is 1. The average molecular weight is 309 g/mol. The largest absolute Gasteiger partial charge is 0.480 e. The monoisotopic (exact) mass is 309 g/mol. The van der Waals surface area contributed by atoms with Gasteiger partial charge in [-0.05, 0) is 6.92 Å². The number of hydrogen-bond donors (Lipinski definition) is 3. The fourth-order valence-corrected chi connectivity index (χ4v) is 2.30. The summed E-state index contributed by atoms with van der Waals surface area (Å²) in [5.74, 6) is -0.993. The Kier molecular flexibility index (Phi) is 4.88. The number of anilines is 1. The van der Waals surface area contributed by atoms with Crippen molar-refractivity contribution in [1.29, 1.82) is 0 Å². The number of urea groups is 1. The van der Waals surface area contributed by atoms with E-state index in [-0.39, 0.29) is 12.6 Å². The summed E-state index contributed by atoms with van der Waals surface area (Å²) in [5.41, 5.74) is 1.39. The van der Waals surface area contributed by atoms with E-state index < -0.39 is 5.97 Å². The maximum absolute atomic E-state index is 11.6. The lowest BCUT2D eigenvalue weighted by molar-refractivity contribution is -0.137. The summed E-state index contributed by atoms with van der Waals surface area (Å²) in [6.07, 6.45) is 3.51. The van der Waals surface area contributed by atoms with Crippen LogP contribution in [0.25, 0.3) is 0 Å². The Bertz CT molecular complexity index is 636. The van der Waals surface area contributed by atoms with Gasteiger partial charge in [-0.1, -0.05) is 0 Å². The quantitative estimate of drug-likeness (QED) is 0.740. The zero-order chi connectivity index (χ0) is 15.2. The summed E-state index contributed by atoms with van der Waals surface area (Å²) in [6, 6.07) is -0.364. The van der Waals surface area contributed by atoms with Crippen LogP contribution in [0.4, 0.5) is 10.5 Å². The van der Waals surface area contributed by atoms with Crippen LogP contribution in [0.3, 0.4) is 0 Å². The highest BCUT2D eigenvalue weighted by molar-refractivity contribution is 7.09. The Balaban J connectivity index is 1.74. The van der Waals surface area contributed by atoms with Gasteiger partial charge in [0.05, 0.1) is 22.6 Å². The number of carboxylic acid groups (broad SMARTS) is 1. The molecule has 0 fully saturated rings. The normalized spacial score (nSPS) is 10.3. The highest BCUT2D eigenvalue weighted by atomic mass is 32.1. The van der Waals surface area contributed by atoms with E-state index in [9.17, 15) is 9.59 Å². The van der Waals surface area contributed by atoms with Gasteiger partial charge >= 0.3 is 12.0 Å². The van der Waals surface area contributed by atoms with E-state index in [1.165, 1.54) is 17.1 Å². The van der Waals surface area contributed by atoms with E-state index >= 15 is 0 Å². The second kappa shape index (κ2) is 6.84. The molecule has 8 nitrogen and oxygen atoms in total. The Labute approximate surface area is 124 Å². The number of nitrogens with zero attached hydrogens (tertiary/aromatic N) is 3. The molecule has 2 aromatic heterocycles. The summed E-state index contributed by atoms with van der Waals surface area (Å²) < 4.78 is 1.23. The van der Waals surface area contributed by atoms with Crippen LogP contribution >= 0.6 is 11.3 Å². The standard InChI is InChI=1S/C12H15N5O3S/c1-8-15-9(7-21-8)2-3-13-12(20)16-10-4-14-17(5-10)6-11(18)19/h4-5,7H,2-3,6H2,1H3,(H,18,19)(H2,13,16,20). The number of carbonyl (C=O) groups is 2. The van der Waals surface area contributed by atoms with Gasteiger partial charge in [-0.15, -0.1) is 11.3 Å². The van der Waals surface area contributed by atoms with Crippen LogP contribution in [0.5, 0.6) is 0 Å². The highest BCUT2D eigenvalue weighted by Gasteiger charge is 2.06. The molecule has 0 radical (unpaired) electrons. The zero-order valence-electron chi connectivity index (χ0n) is 11.4. The minimum atomic E-state index is -0.993. The lowest BCUT2D eigenvalue weighted by Gasteiger charge is -2.04. The minimum Gasteiger partial charge on any atom is -0.480 e. The summed E-state index contributed by atoms with van der Waals surface area (Å²) in [5, 5.41) is 20.7. The molecule has 2 heterocycles. The molecule has 2 amide bonds. The topological polar surface area (TPSA) is 109 Å². The van der Waals surface area contributed by atoms with Crippen LogP contribution < -0.4 is 10.6 Å². The van der Waals surface area contributed by atoms with Crippen molar-refractivity contribution in [1.82, 2.24) is 20.1 Å². The van der Waals surface area contributed by atoms with E-state index in [1.807, 2.05) is 12.3 Å². The first-order valence-corrected chi connectivity index (χ1v) is 7.11. The van der Waals surface area contributed by atoms with Gasteiger partial charge in [0.2, 0.25) is 0 Å². The van der Waals surface area contributed by atoms with Crippen molar-refractivity contribution in [2.24, 2.45) is 0 Å². The van der Waals surface area contributed by atoms with Gasteiger partial charge in [0.15, 0.2) is 0 Å². The predicted molar refractivity (Wildman–Crippen MR) is 77.4 cm³/mol. The second-order valence-corrected chi connectivity index (χ2v) is 5.37. The highest BCUT2D eigenvalue weighted by Crippen LogP contribution is 2.08. The number of nitrogens with one attached hydrogen (secondary N) is 2. The van der Waals surface area contributed by atoms with Crippen molar-refractivity contribution < 1.29 is 14.7 Å². The van der Waals surface area contributed by atoms with E-state index in [0.717, 1.165) is 10.7 Å². The average Bonchev–Trinajstić information content (AvgIpc) is 2.98. The molecule has 0 saturated carbocycles. The summed E-state index contributed by atoms with van der Waals surface area (Å²) in [7, 11) is 0. The van der Waals surface area contributed by atoms with E-state index in [0.29, 0.717) is 18.7 Å². The molecule has 0 aliphatic heterocycles. The molecule has 0 atom stereocenters. The van der Waals surface area contributed by atoms with Crippen molar-refractivity contribution in [3.63, 3.8) is 0 Å². The number of aliphatic carboxylic acids is 1. The molecule has 0 aromatic carbocycles. The van der Waals surface area contributed by atoms with E-state index in [4.69, 9.17) is 5.11 Å². The predicted octanol–water partition coefficient (Wildman–Crippen LogP) is 1.10. The van der Waals surface area contributed by atoms with Crippen molar-refractivity contribution in [3.05, 3.63) is 28.5 Å². The molecule has 0 unspecified atom stereocenters. The molecule has 9 heteroatoms. The molecule has 0 aliphatic carbocycles. The molecule has 0 bridgehead atoms. The summed E-state index contributed by atoms with van der Waals surface area (Å²) >= 11 is 1.57. The SMILES string of the molecule is Cc1nc(CCNC(=O)Nc2cnn(CC(=O)O)c2)cs1. The maximum Gasteiger partial charge on any atom is 0.325 e. The van der Waals surface area contributed by atoms with Crippen LogP contribution in [-0.2, 0) is 17.8 Å². The van der Waals surface area contributed by atoms with Crippen LogP contribution in [0.2, 0.25) is 0 Å². The molecule has 2 rings (SSSR count). The van der Waals surface area contributed by atoms with Crippen molar-refractivity contribution >= 4 is 29.0 Å². The van der Waals surface area contributed by atoms with Gasteiger partial charge in [0, 0.05) is 24.5 Å². The molecule has 0 spiro atoms. The lowest BCUT2D eigenvalue weighted by Crippen LogP contribution is -2.30. The second-order valence-electron chi connectivity index (χ2n) is 4.31. The molecule has 0 saturated heterocycles. The minimum absolute atomic E-state index is 0.244. The molecule has 21 heavy (non-hydrogen) atoms. The van der Waals surface area contributed by atoms with Crippen molar-refractivity contribution in [2.45, 2.75) is 19.9 Å². The number of rotatable bonds is 6. The van der Waals surface area contributed by atoms with Crippen molar-refractivity contribution in [3.8, 4) is 0 Å². The molecular weight excluding hydrogens is 294 g/mol. The Morgan fingerprint density at radius 3 is 2.95 bits per heavy atom. The van der Waals surface area contributed by atoms with Crippen molar-refractivity contribution in [2.75, 3.05) is 11.9 Å². The smallest absolute Gasteiger partial charge is 0.325 e. The first-order chi connectivity index (χ1) is 10.0. The molecule has 3 N–H and O–H groups in total. The fourth-order valence-electron chi connectivity index (χ4n) is 1.66. The van der Waals surface area contributed by atoms with Crippen LogP contribution in [-0.4, -0.2) is 38.4 Å². The van der Waals surface area contributed by atoms with Gasteiger partial charge in [-0.25, -0.2) is 9.78 Å². The number of aryl methyl sites for hydroxylation is 1. The van der Waals surface area contributed by atoms with Crippen LogP contribution in [0.15, 0.2) is 17.8 Å². The molecule has 112 valence electrons. The lowest BCUT2D eigenvalue weighted by atomic mass is 10.3. The summed E-state index contributed by atoms with van der Waals surface area (Å²) in [6.45, 7) is 2.16. The molecular formula is C12H15N5O3S. The fraction of sp³-hybridized carbons (Fsp3) is 0.333. The van der Waals surface area contributed by atoms with Gasteiger partial charge in [-0.2, -0.15) is 5.10 Å². The van der Waals surface area contributed by atoms with Gasteiger partial charge < -0.3 is 15.7 Å².